The minimum absolute atomic E-state index is 0.163. The fraction of sp³-hybridized carbons (Fsp3) is 0.333. The van der Waals surface area contributed by atoms with Gasteiger partial charge >= 0.3 is 11.9 Å². The number of hydrogen-bond acceptors (Lipinski definition) is 4. The van der Waals surface area contributed by atoms with Gasteiger partial charge in [0.1, 0.15) is 0 Å². The van der Waals surface area contributed by atoms with Crippen molar-refractivity contribution in [3.05, 3.63) is 35.4 Å². The number of carboxylic acids is 2. The predicted molar refractivity (Wildman–Crippen MR) is 62.9 cm³/mol. The molecular formula is C12H15NO5. The van der Waals surface area contributed by atoms with Crippen LogP contribution in [0, 0.1) is 0 Å². The Hall–Kier alpha value is -1.92. The van der Waals surface area contributed by atoms with Crippen LogP contribution in [0.2, 0.25) is 0 Å². The van der Waals surface area contributed by atoms with E-state index in [0.717, 1.165) is 5.56 Å². The first-order valence-electron chi connectivity index (χ1n) is 5.36. The first kappa shape index (κ1) is 14.1. The van der Waals surface area contributed by atoms with Crippen LogP contribution < -0.4 is 0 Å². The van der Waals surface area contributed by atoms with E-state index < -0.39 is 11.9 Å². The molecule has 0 saturated carbocycles. The molecule has 0 spiro atoms. The van der Waals surface area contributed by atoms with Gasteiger partial charge in [-0.25, -0.2) is 0 Å². The first-order chi connectivity index (χ1) is 8.52. The average molecular weight is 253 g/mol. The highest BCUT2D eigenvalue weighted by Gasteiger charge is 2.15. The van der Waals surface area contributed by atoms with Crippen LogP contribution in [-0.2, 0) is 22.7 Å². The van der Waals surface area contributed by atoms with Crippen molar-refractivity contribution in [3.8, 4) is 0 Å². The van der Waals surface area contributed by atoms with Crippen LogP contribution in [0.4, 0.5) is 0 Å². The summed E-state index contributed by atoms with van der Waals surface area (Å²) in [6, 6.07) is 6.97. The number of benzene rings is 1. The van der Waals surface area contributed by atoms with E-state index in [4.69, 9.17) is 15.3 Å². The van der Waals surface area contributed by atoms with Gasteiger partial charge in [0.15, 0.2) is 0 Å². The van der Waals surface area contributed by atoms with E-state index in [1.165, 1.54) is 4.90 Å². The van der Waals surface area contributed by atoms with Gasteiger partial charge in [0.2, 0.25) is 0 Å². The summed E-state index contributed by atoms with van der Waals surface area (Å²) in [6.07, 6.45) is 0. The van der Waals surface area contributed by atoms with Crippen molar-refractivity contribution in [2.45, 2.75) is 13.2 Å². The Kier molecular flexibility index (Phi) is 5.29. The summed E-state index contributed by atoms with van der Waals surface area (Å²) >= 11 is 0. The number of hydrogen-bond donors (Lipinski definition) is 3. The van der Waals surface area contributed by atoms with E-state index in [9.17, 15) is 9.59 Å². The lowest BCUT2D eigenvalue weighted by Crippen LogP contribution is -2.34. The molecule has 6 nitrogen and oxygen atoms in total. The van der Waals surface area contributed by atoms with Gasteiger partial charge in [0.25, 0.3) is 0 Å². The number of rotatable bonds is 7. The second-order valence-corrected chi connectivity index (χ2v) is 3.86. The number of aliphatic hydroxyl groups is 1. The lowest BCUT2D eigenvalue weighted by Gasteiger charge is -2.19. The lowest BCUT2D eigenvalue weighted by atomic mass is 10.1. The molecule has 0 amide bonds. The number of aliphatic hydroxyl groups excluding tert-OH is 1. The molecular weight excluding hydrogens is 238 g/mol. The van der Waals surface area contributed by atoms with Crippen LogP contribution in [-0.4, -0.2) is 45.2 Å². The van der Waals surface area contributed by atoms with E-state index in [1.54, 1.807) is 24.3 Å². The molecule has 18 heavy (non-hydrogen) atoms. The third-order valence-corrected chi connectivity index (χ3v) is 2.40. The standard InChI is InChI=1S/C12H15NO5/c14-8-10-4-2-1-3-9(10)5-13(6-11(15)16)7-12(17)18/h1-4,14H,5-8H2,(H,15,16)(H,17,18). The van der Waals surface area contributed by atoms with Gasteiger partial charge in [-0.3, -0.25) is 14.5 Å². The summed E-state index contributed by atoms with van der Waals surface area (Å²) in [7, 11) is 0. The van der Waals surface area contributed by atoms with Crippen molar-refractivity contribution in [1.29, 1.82) is 0 Å². The van der Waals surface area contributed by atoms with E-state index in [2.05, 4.69) is 0 Å². The summed E-state index contributed by atoms with van der Waals surface area (Å²) in [5, 5.41) is 26.6. The fourth-order valence-electron chi connectivity index (χ4n) is 1.66. The number of carbonyl (C=O) groups is 2. The molecule has 6 heteroatoms. The average Bonchev–Trinajstić information content (AvgIpc) is 2.27. The summed E-state index contributed by atoms with van der Waals surface area (Å²) < 4.78 is 0. The minimum atomic E-state index is -1.09. The van der Waals surface area contributed by atoms with E-state index in [1.807, 2.05) is 0 Å². The molecule has 0 radical (unpaired) electrons. The molecule has 0 aliphatic carbocycles. The molecule has 1 aromatic rings. The smallest absolute Gasteiger partial charge is 0.317 e. The van der Waals surface area contributed by atoms with Crippen LogP contribution in [0.25, 0.3) is 0 Å². The molecule has 0 atom stereocenters. The number of carboxylic acid groups (broad SMARTS) is 2. The molecule has 0 heterocycles. The van der Waals surface area contributed by atoms with Crippen molar-refractivity contribution in [2.75, 3.05) is 13.1 Å². The Balaban J connectivity index is 2.81. The van der Waals surface area contributed by atoms with Crippen LogP contribution in [0.15, 0.2) is 24.3 Å². The van der Waals surface area contributed by atoms with Crippen molar-refractivity contribution in [3.63, 3.8) is 0 Å². The molecule has 0 aliphatic heterocycles. The molecule has 0 bridgehead atoms. The van der Waals surface area contributed by atoms with Gasteiger partial charge in [-0.15, -0.1) is 0 Å². The quantitative estimate of drug-likeness (QED) is 0.640. The van der Waals surface area contributed by atoms with Crippen molar-refractivity contribution >= 4 is 11.9 Å². The van der Waals surface area contributed by atoms with Gasteiger partial charge in [0, 0.05) is 6.54 Å². The Morgan fingerprint density at radius 1 is 1.00 bits per heavy atom. The highest BCUT2D eigenvalue weighted by Crippen LogP contribution is 2.11. The summed E-state index contributed by atoms with van der Waals surface area (Å²) in [4.78, 5) is 22.6. The molecule has 3 N–H and O–H groups in total. The molecule has 0 aromatic heterocycles. The van der Waals surface area contributed by atoms with Gasteiger partial charge in [-0.05, 0) is 11.1 Å². The molecule has 1 aromatic carbocycles. The monoisotopic (exact) mass is 253 g/mol. The molecule has 0 unspecified atom stereocenters. The second kappa shape index (κ2) is 6.73. The molecule has 98 valence electrons. The molecule has 1 rings (SSSR count). The normalized spacial score (nSPS) is 10.6. The van der Waals surface area contributed by atoms with E-state index in [-0.39, 0.29) is 26.2 Å². The Morgan fingerprint density at radius 2 is 1.50 bits per heavy atom. The largest absolute Gasteiger partial charge is 0.480 e. The maximum atomic E-state index is 10.7. The zero-order valence-electron chi connectivity index (χ0n) is 9.74. The third-order valence-electron chi connectivity index (χ3n) is 2.40. The highest BCUT2D eigenvalue weighted by atomic mass is 16.4. The Labute approximate surface area is 104 Å². The van der Waals surface area contributed by atoms with E-state index >= 15 is 0 Å². The minimum Gasteiger partial charge on any atom is -0.480 e. The SMILES string of the molecule is O=C(O)CN(CC(=O)O)Cc1ccccc1CO. The van der Waals surface area contributed by atoms with E-state index in [0.29, 0.717) is 5.56 Å². The second-order valence-electron chi connectivity index (χ2n) is 3.86. The first-order valence-corrected chi connectivity index (χ1v) is 5.36. The topological polar surface area (TPSA) is 98.1 Å². The fourth-order valence-corrected chi connectivity index (χ4v) is 1.66. The van der Waals surface area contributed by atoms with Gasteiger partial charge in [0.05, 0.1) is 19.7 Å². The Bertz CT molecular complexity index is 416. The summed E-state index contributed by atoms with van der Waals surface area (Å²) in [5.74, 6) is -2.17. The van der Waals surface area contributed by atoms with Crippen LogP contribution in [0.3, 0.4) is 0 Å². The summed E-state index contributed by atoms with van der Waals surface area (Å²) in [5.41, 5.74) is 1.39. The van der Waals surface area contributed by atoms with Gasteiger partial charge < -0.3 is 15.3 Å². The maximum absolute atomic E-state index is 10.7. The predicted octanol–water partition coefficient (Wildman–Crippen LogP) is 0.150. The number of aliphatic carboxylic acids is 2. The van der Waals surface area contributed by atoms with Crippen molar-refractivity contribution in [1.82, 2.24) is 4.90 Å². The molecule has 0 aliphatic rings. The Morgan fingerprint density at radius 3 is 1.94 bits per heavy atom. The third kappa shape index (κ3) is 4.52. The molecule has 0 saturated heterocycles. The summed E-state index contributed by atoms with van der Waals surface area (Å²) in [6.45, 7) is -0.697. The zero-order chi connectivity index (χ0) is 13.5. The van der Waals surface area contributed by atoms with Gasteiger partial charge in [-0.2, -0.15) is 0 Å². The highest BCUT2D eigenvalue weighted by molar-refractivity contribution is 5.72. The van der Waals surface area contributed by atoms with Crippen LogP contribution >= 0.6 is 0 Å². The zero-order valence-corrected chi connectivity index (χ0v) is 9.74. The number of nitrogens with zero attached hydrogens (tertiary/aromatic N) is 1. The van der Waals surface area contributed by atoms with Crippen LogP contribution in [0.5, 0.6) is 0 Å². The maximum Gasteiger partial charge on any atom is 0.317 e. The lowest BCUT2D eigenvalue weighted by molar-refractivity contribution is -0.142. The van der Waals surface area contributed by atoms with Crippen LogP contribution in [0.1, 0.15) is 11.1 Å². The van der Waals surface area contributed by atoms with Crippen molar-refractivity contribution < 1.29 is 24.9 Å². The van der Waals surface area contributed by atoms with Gasteiger partial charge in [-0.1, -0.05) is 24.3 Å². The van der Waals surface area contributed by atoms with Crippen molar-refractivity contribution in [2.24, 2.45) is 0 Å². The molecule has 0 fully saturated rings.